The van der Waals surface area contributed by atoms with Crippen LogP contribution in [0.15, 0.2) is 46.9 Å². The summed E-state index contributed by atoms with van der Waals surface area (Å²) in [4.78, 5) is 12.1. The van der Waals surface area contributed by atoms with Crippen LogP contribution in [0.25, 0.3) is 0 Å². The molecule has 0 saturated carbocycles. The number of amides is 1. The molecule has 0 aliphatic heterocycles. The first-order chi connectivity index (χ1) is 9.10. The standard InChI is InChI=1S/C15H15BrN2O/c1-2-10-6-7-13(9-14(10)17)18-15(19)11-4-3-5-12(16)8-11/h3-9H,2,17H2,1H3,(H,18,19). The van der Waals surface area contributed by atoms with E-state index in [9.17, 15) is 4.79 Å². The molecule has 0 spiro atoms. The summed E-state index contributed by atoms with van der Waals surface area (Å²) in [5.74, 6) is -0.148. The third kappa shape index (κ3) is 3.35. The summed E-state index contributed by atoms with van der Waals surface area (Å²) in [6.45, 7) is 2.05. The van der Waals surface area contributed by atoms with Crippen LogP contribution in [0, 0.1) is 0 Å². The van der Waals surface area contributed by atoms with E-state index in [-0.39, 0.29) is 5.91 Å². The zero-order valence-corrected chi connectivity index (χ0v) is 12.2. The van der Waals surface area contributed by atoms with Crippen LogP contribution in [-0.4, -0.2) is 5.91 Å². The molecule has 0 heterocycles. The van der Waals surface area contributed by atoms with E-state index >= 15 is 0 Å². The van der Waals surface area contributed by atoms with E-state index < -0.39 is 0 Å². The number of aryl methyl sites for hydroxylation is 1. The van der Waals surface area contributed by atoms with Gasteiger partial charge >= 0.3 is 0 Å². The number of carbonyl (C=O) groups excluding carboxylic acids is 1. The topological polar surface area (TPSA) is 55.1 Å². The first-order valence-electron chi connectivity index (χ1n) is 6.05. The number of nitrogen functional groups attached to an aromatic ring is 1. The molecule has 0 aromatic heterocycles. The number of anilines is 2. The molecule has 0 radical (unpaired) electrons. The van der Waals surface area contributed by atoms with Crippen LogP contribution < -0.4 is 11.1 Å². The van der Waals surface area contributed by atoms with Crippen LogP contribution in [0.1, 0.15) is 22.8 Å². The lowest BCUT2D eigenvalue weighted by Crippen LogP contribution is -2.12. The van der Waals surface area contributed by atoms with Crippen molar-refractivity contribution < 1.29 is 4.79 Å². The number of nitrogens with one attached hydrogen (secondary N) is 1. The molecule has 19 heavy (non-hydrogen) atoms. The Morgan fingerprint density at radius 1 is 1.26 bits per heavy atom. The van der Waals surface area contributed by atoms with Gasteiger partial charge in [-0.25, -0.2) is 0 Å². The number of hydrogen-bond acceptors (Lipinski definition) is 2. The van der Waals surface area contributed by atoms with Crippen molar-refractivity contribution in [1.29, 1.82) is 0 Å². The van der Waals surface area contributed by atoms with Crippen molar-refractivity contribution in [3.8, 4) is 0 Å². The van der Waals surface area contributed by atoms with Gasteiger partial charge in [-0.1, -0.05) is 35.0 Å². The van der Waals surface area contributed by atoms with Crippen LogP contribution in [0.5, 0.6) is 0 Å². The molecule has 0 aliphatic carbocycles. The lowest BCUT2D eigenvalue weighted by atomic mass is 10.1. The van der Waals surface area contributed by atoms with E-state index in [1.165, 1.54) is 0 Å². The average molecular weight is 319 g/mol. The Bertz CT molecular complexity index is 611. The highest BCUT2D eigenvalue weighted by atomic mass is 79.9. The summed E-state index contributed by atoms with van der Waals surface area (Å²) < 4.78 is 0.876. The van der Waals surface area contributed by atoms with E-state index in [4.69, 9.17) is 5.73 Å². The summed E-state index contributed by atoms with van der Waals surface area (Å²) in [6, 6.07) is 12.8. The molecule has 2 rings (SSSR count). The molecular formula is C15H15BrN2O. The Morgan fingerprint density at radius 2 is 2.05 bits per heavy atom. The molecule has 1 amide bonds. The fraction of sp³-hybridized carbons (Fsp3) is 0.133. The quantitative estimate of drug-likeness (QED) is 0.845. The summed E-state index contributed by atoms with van der Waals surface area (Å²) in [5, 5.41) is 2.84. The van der Waals surface area contributed by atoms with Gasteiger partial charge < -0.3 is 11.1 Å². The van der Waals surface area contributed by atoms with E-state index in [2.05, 4.69) is 21.2 Å². The molecule has 0 fully saturated rings. The third-order valence-corrected chi connectivity index (χ3v) is 3.36. The average Bonchev–Trinajstić information content (AvgIpc) is 2.39. The number of benzene rings is 2. The Kier molecular flexibility index (Phi) is 4.22. The predicted molar refractivity (Wildman–Crippen MR) is 82.3 cm³/mol. The summed E-state index contributed by atoms with van der Waals surface area (Å²) in [6.07, 6.45) is 0.881. The minimum absolute atomic E-state index is 0.148. The monoisotopic (exact) mass is 318 g/mol. The second-order valence-corrected chi connectivity index (χ2v) is 5.15. The molecule has 0 saturated heterocycles. The molecule has 3 nitrogen and oxygen atoms in total. The summed E-state index contributed by atoms with van der Waals surface area (Å²) >= 11 is 3.35. The van der Waals surface area contributed by atoms with Gasteiger partial charge in [0.25, 0.3) is 5.91 Å². The molecule has 4 heteroatoms. The highest BCUT2D eigenvalue weighted by Gasteiger charge is 2.07. The second-order valence-electron chi connectivity index (χ2n) is 4.23. The maximum Gasteiger partial charge on any atom is 0.255 e. The zero-order valence-electron chi connectivity index (χ0n) is 10.6. The van der Waals surface area contributed by atoms with E-state index in [0.717, 1.165) is 16.5 Å². The van der Waals surface area contributed by atoms with Crippen LogP contribution in [0.4, 0.5) is 11.4 Å². The third-order valence-electron chi connectivity index (χ3n) is 2.87. The minimum atomic E-state index is -0.148. The van der Waals surface area contributed by atoms with Gasteiger partial charge in [-0.05, 0) is 42.3 Å². The number of rotatable bonds is 3. The second kappa shape index (κ2) is 5.89. The van der Waals surface area contributed by atoms with E-state index in [1.54, 1.807) is 18.2 Å². The first kappa shape index (κ1) is 13.6. The molecule has 0 atom stereocenters. The predicted octanol–water partition coefficient (Wildman–Crippen LogP) is 3.85. The molecule has 98 valence electrons. The van der Waals surface area contributed by atoms with E-state index in [1.807, 2.05) is 31.2 Å². The van der Waals surface area contributed by atoms with Crippen molar-refractivity contribution in [3.05, 3.63) is 58.1 Å². The Morgan fingerprint density at radius 3 is 2.68 bits per heavy atom. The molecular weight excluding hydrogens is 304 g/mol. The Hall–Kier alpha value is -1.81. The first-order valence-corrected chi connectivity index (χ1v) is 6.84. The highest BCUT2D eigenvalue weighted by molar-refractivity contribution is 9.10. The molecule has 2 aromatic carbocycles. The van der Waals surface area contributed by atoms with Crippen molar-refractivity contribution in [2.45, 2.75) is 13.3 Å². The zero-order chi connectivity index (χ0) is 13.8. The van der Waals surface area contributed by atoms with Crippen LogP contribution in [-0.2, 0) is 6.42 Å². The number of hydrogen-bond donors (Lipinski definition) is 2. The van der Waals surface area contributed by atoms with Gasteiger partial charge in [0.2, 0.25) is 0 Å². The molecule has 2 aromatic rings. The van der Waals surface area contributed by atoms with Crippen LogP contribution in [0.2, 0.25) is 0 Å². The van der Waals surface area contributed by atoms with Gasteiger partial charge in [-0.2, -0.15) is 0 Å². The molecule has 0 aliphatic rings. The van der Waals surface area contributed by atoms with Gasteiger partial charge in [0, 0.05) is 21.4 Å². The van der Waals surface area contributed by atoms with E-state index in [0.29, 0.717) is 16.9 Å². The fourth-order valence-electron chi connectivity index (χ4n) is 1.83. The normalized spacial score (nSPS) is 10.2. The van der Waals surface area contributed by atoms with Gasteiger partial charge in [-0.3, -0.25) is 4.79 Å². The Balaban J connectivity index is 2.17. The largest absolute Gasteiger partial charge is 0.398 e. The van der Waals surface area contributed by atoms with Gasteiger partial charge in [0.1, 0.15) is 0 Å². The van der Waals surface area contributed by atoms with Crippen molar-refractivity contribution in [3.63, 3.8) is 0 Å². The smallest absolute Gasteiger partial charge is 0.255 e. The van der Waals surface area contributed by atoms with Crippen LogP contribution >= 0.6 is 15.9 Å². The molecule has 0 unspecified atom stereocenters. The van der Waals surface area contributed by atoms with Crippen molar-refractivity contribution >= 4 is 33.2 Å². The molecule has 3 N–H and O–H groups in total. The van der Waals surface area contributed by atoms with Gasteiger partial charge in [0.15, 0.2) is 0 Å². The van der Waals surface area contributed by atoms with Crippen molar-refractivity contribution in [1.82, 2.24) is 0 Å². The lowest BCUT2D eigenvalue weighted by molar-refractivity contribution is 0.102. The van der Waals surface area contributed by atoms with Crippen molar-refractivity contribution in [2.24, 2.45) is 0 Å². The number of carbonyl (C=O) groups is 1. The maximum absolute atomic E-state index is 12.1. The van der Waals surface area contributed by atoms with Crippen molar-refractivity contribution in [2.75, 3.05) is 11.1 Å². The van der Waals surface area contributed by atoms with Gasteiger partial charge in [0.05, 0.1) is 0 Å². The maximum atomic E-state index is 12.1. The Labute approximate surface area is 121 Å². The van der Waals surface area contributed by atoms with Gasteiger partial charge in [-0.15, -0.1) is 0 Å². The SMILES string of the molecule is CCc1ccc(NC(=O)c2cccc(Br)c2)cc1N. The van der Waals surface area contributed by atoms with Crippen LogP contribution in [0.3, 0.4) is 0 Å². The summed E-state index contributed by atoms with van der Waals surface area (Å²) in [7, 11) is 0. The number of nitrogens with two attached hydrogens (primary N) is 1. The lowest BCUT2D eigenvalue weighted by Gasteiger charge is -2.08. The minimum Gasteiger partial charge on any atom is -0.398 e. The summed E-state index contributed by atoms with van der Waals surface area (Å²) in [5.41, 5.74) is 9.01. The fourth-order valence-corrected chi connectivity index (χ4v) is 2.23. The highest BCUT2D eigenvalue weighted by Crippen LogP contribution is 2.19. The number of halogens is 1. The molecule has 0 bridgehead atoms.